The van der Waals surface area contributed by atoms with Crippen LogP contribution in [0.3, 0.4) is 0 Å². The molecular formula is C11H10N4O3. The molecule has 0 aliphatic carbocycles. The standard InChI is InChI=1S/C11H10N4O3/c12-5-7-1-2-10(15(17)18)9(3-7)14-8-4-11(16)13-6-8/h1-3,8,14H,4,6H2,(H,13,16). The van der Waals surface area contributed by atoms with Crippen molar-refractivity contribution in [3.63, 3.8) is 0 Å². The van der Waals surface area contributed by atoms with E-state index >= 15 is 0 Å². The van der Waals surface area contributed by atoms with Crippen molar-refractivity contribution in [2.45, 2.75) is 12.5 Å². The van der Waals surface area contributed by atoms with E-state index in [1.54, 1.807) is 0 Å². The molecule has 1 heterocycles. The normalized spacial score (nSPS) is 17.9. The van der Waals surface area contributed by atoms with Crippen molar-refractivity contribution in [2.75, 3.05) is 11.9 Å². The van der Waals surface area contributed by atoms with Crippen molar-refractivity contribution >= 4 is 17.3 Å². The SMILES string of the molecule is N#Cc1ccc([N+](=O)[O-])c(NC2CNC(=O)C2)c1. The van der Waals surface area contributed by atoms with Gasteiger partial charge >= 0.3 is 0 Å². The smallest absolute Gasteiger partial charge is 0.292 e. The highest BCUT2D eigenvalue weighted by Crippen LogP contribution is 2.26. The van der Waals surface area contributed by atoms with Crippen molar-refractivity contribution in [1.82, 2.24) is 5.32 Å². The predicted octanol–water partition coefficient (Wildman–Crippen LogP) is 0.767. The van der Waals surface area contributed by atoms with Gasteiger partial charge in [-0.25, -0.2) is 0 Å². The van der Waals surface area contributed by atoms with Gasteiger partial charge < -0.3 is 10.6 Å². The zero-order valence-corrected chi connectivity index (χ0v) is 9.34. The van der Waals surface area contributed by atoms with Crippen LogP contribution in [0.5, 0.6) is 0 Å². The maximum atomic E-state index is 11.0. The fourth-order valence-electron chi connectivity index (χ4n) is 1.81. The third-order valence-corrected chi connectivity index (χ3v) is 2.66. The molecule has 0 saturated carbocycles. The number of hydrogen-bond acceptors (Lipinski definition) is 5. The number of rotatable bonds is 3. The Morgan fingerprint density at radius 2 is 2.33 bits per heavy atom. The van der Waals surface area contributed by atoms with Crippen LogP contribution in [0.25, 0.3) is 0 Å². The van der Waals surface area contributed by atoms with Gasteiger partial charge in [-0.15, -0.1) is 0 Å². The first-order chi connectivity index (χ1) is 8.60. The van der Waals surface area contributed by atoms with Crippen LogP contribution in [-0.4, -0.2) is 23.4 Å². The van der Waals surface area contributed by atoms with E-state index in [0.29, 0.717) is 12.1 Å². The number of carbonyl (C=O) groups is 1. The van der Waals surface area contributed by atoms with Gasteiger partial charge in [0.05, 0.1) is 22.6 Å². The molecule has 1 aliphatic heterocycles. The highest BCUT2D eigenvalue weighted by Gasteiger charge is 2.24. The summed E-state index contributed by atoms with van der Waals surface area (Å²) < 4.78 is 0. The average molecular weight is 246 g/mol. The lowest BCUT2D eigenvalue weighted by molar-refractivity contribution is -0.384. The highest BCUT2D eigenvalue weighted by molar-refractivity contribution is 5.80. The number of nitro groups is 1. The first kappa shape index (κ1) is 11.9. The van der Waals surface area contributed by atoms with E-state index in [2.05, 4.69) is 10.6 Å². The Labute approximate surface area is 103 Å². The summed E-state index contributed by atoms with van der Waals surface area (Å²) in [5.74, 6) is -0.0911. The molecule has 92 valence electrons. The lowest BCUT2D eigenvalue weighted by Crippen LogP contribution is -2.22. The van der Waals surface area contributed by atoms with E-state index in [4.69, 9.17) is 5.26 Å². The number of benzene rings is 1. The van der Waals surface area contributed by atoms with Gasteiger partial charge in [0.25, 0.3) is 5.69 Å². The van der Waals surface area contributed by atoms with Crippen molar-refractivity contribution < 1.29 is 9.72 Å². The van der Waals surface area contributed by atoms with Gasteiger partial charge in [0.1, 0.15) is 5.69 Å². The molecule has 1 aliphatic rings. The van der Waals surface area contributed by atoms with Gasteiger partial charge in [-0.2, -0.15) is 5.26 Å². The number of nitrogens with zero attached hydrogens (tertiary/aromatic N) is 2. The summed E-state index contributed by atoms with van der Waals surface area (Å²) >= 11 is 0. The van der Waals surface area contributed by atoms with Crippen molar-refractivity contribution in [2.24, 2.45) is 0 Å². The monoisotopic (exact) mass is 246 g/mol. The Balaban J connectivity index is 2.27. The first-order valence-corrected chi connectivity index (χ1v) is 5.32. The maximum absolute atomic E-state index is 11.0. The molecule has 1 saturated heterocycles. The minimum absolute atomic E-state index is 0.0911. The van der Waals surface area contributed by atoms with E-state index in [0.717, 1.165) is 0 Å². The summed E-state index contributed by atoms with van der Waals surface area (Å²) in [7, 11) is 0. The van der Waals surface area contributed by atoms with Crippen molar-refractivity contribution in [1.29, 1.82) is 5.26 Å². The molecule has 0 spiro atoms. The summed E-state index contributed by atoms with van der Waals surface area (Å²) in [5.41, 5.74) is 0.495. The van der Waals surface area contributed by atoms with Crippen LogP contribution in [0, 0.1) is 21.4 Å². The lowest BCUT2D eigenvalue weighted by atomic mass is 10.1. The summed E-state index contributed by atoms with van der Waals surface area (Å²) in [6, 6.07) is 5.82. The number of nitro benzene ring substituents is 1. The first-order valence-electron chi connectivity index (χ1n) is 5.32. The molecule has 0 bridgehead atoms. The molecule has 0 radical (unpaired) electrons. The van der Waals surface area contributed by atoms with Crippen molar-refractivity contribution in [3.8, 4) is 6.07 Å². The molecule has 2 rings (SSSR count). The molecule has 0 aromatic heterocycles. The third kappa shape index (κ3) is 2.38. The van der Waals surface area contributed by atoms with Crippen LogP contribution in [0.4, 0.5) is 11.4 Å². The van der Waals surface area contributed by atoms with Crippen LogP contribution in [0.15, 0.2) is 18.2 Å². The van der Waals surface area contributed by atoms with Gasteiger partial charge in [0, 0.05) is 19.0 Å². The van der Waals surface area contributed by atoms with Crippen LogP contribution in [0.2, 0.25) is 0 Å². The summed E-state index contributed by atoms with van der Waals surface area (Å²) in [5, 5.41) is 25.2. The largest absolute Gasteiger partial charge is 0.374 e. The van der Waals surface area contributed by atoms with Gasteiger partial charge in [-0.3, -0.25) is 14.9 Å². The highest BCUT2D eigenvalue weighted by atomic mass is 16.6. The lowest BCUT2D eigenvalue weighted by Gasteiger charge is -2.12. The number of nitriles is 1. The van der Waals surface area contributed by atoms with Gasteiger partial charge in [-0.05, 0) is 12.1 Å². The zero-order chi connectivity index (χ0) is 13.1. The zero-order valence-electron chi connectivity index (χ0n) is 9.34. The number of anilines is 1. The van der Waals surface area contributed by atoms with Crippen LogP contribution in [0.1, 0.15) is 12.0 Å². The summed E-state index contributed by atoms with van der Waals surface area (Å²) in [4.78, 5) is 21.4. The third-order valence-electron chi connectivity index (χ3n) is 2.66. The number of nitrogens with one attached hydrogen (secondary N) is 2. The molecule has 1 fully saturated rings. The minimum Gasteiger partial charge on any atom is -0.374 e. The molecule has 1 atom stereocenters. The molecule has 18 heavy (non-hydrogen) atoms. The second-order valence-electron chi connectivity index (χ2n) is 3.95. The van der Waals surface area contributed by atoms with Gasteiger partial charge in [-0.1, -0.05) is 0 Å². The molecule has 1 unspecified atom stereocenters. The Bertz CT molecular complexity index is 550. The topological polar surface area (TPSA) is 108 Å². The van der Waals surface area contributed by atoms with Crippen molar-refractivity contribution in [3.05, 3.63) is 33.9 Å². The Morgan fingerprint density at radius 1 is 1.56 bits per heavy atom. The van der Waals surface area contributed by atoms with E-state index in [1.807, 2.05) is 6.07 Å². The van der Waals surface area contributed by atoms with Crippen LogP contribution >= 0.6 is 0 Å². The second kappa shape index (κ2) is 4.71. The molecule has 1 amide bonds. The fraction of sp³-hybridized carbons (Fsp3) is 0.273. The summed E-state index contributed by atoms with van der Waals surface area (Å²) in [6.45, 7) is 0.423. The second-order valence-corrected chi connectivity index (χ2v) is 3.95. The Morgan fingerprint density at radius 3 is 2.89 bits per heavy atom. The molecule has 1 aromatic carbocycles. The quantitative estimate of drug-likeness (QED) is 0.604. The molecule has 1 aromatic rings. The minimum atomic E-state index is -0.520. The van der Waals surface area contributed by atoms with Crippen LogP contribution in [-0.2, 0) is 4.79 Å². The fourth-order valence-corrected chi connectivity index (χ4v) is 1.81. The Hall–Kier alpha value is -2.62. The molecular weight excluding hydrogens is 236 g/mol. The van der Waals surface area contributed by atoms with Gasteiger partial charge in [0.2, 0.25) is 5.91 Å². The van der Waals surface area contributed by atoms with E-state index < -0.39 is 4.92 Å². The number of carbonyl (C=O) groups excluding carboxylic acids is 1. The number of amides is 1. The Kier molecular flexibility index (Phi) is 3.10. The van der Waals surface area contributed by atoms with E-state index in [1.165, 1.54) is 18.2 Å². The number of hydrogen-bond donors (Lipinski definition) is 2. The molecule has 7 heteroatoms. The maximum Gasteiger partial charge on any atom is 0.292 e. The molecule has 2 N–H and O–H groups in total. The average Bonchev–Trinajstić information content (AvgIpc) is 2.74. The van der Waals surface area contributed by atoms with E-state index in [-0.39, 0.29) is 29.7 Å². The molecule has 7 nitrogen and oxygen atoms in total. The van der Waals surface area contributed by atoms with E-state index in [9.17, 15) is 14.9 Å². The summed E-state index contributed by atoms with van der Waals surface area (Å²) in [6.07, 6.45) is 0.272. The van der Waals surface area contributed by atoms with Gasteiger partial charge in [0.15, 0.2) is 0 Å². The van der Waals surface area contributed by atoms with Crippen LogP contribution < -0.4 is 10.6 Å². The predicted molar refractivity (Wildman–Crippen MR) is 62.8 cm³/mol.